The van der Waals surface area contributed by atoms with Crippen molar-refractivity contribution in [2.75, 3.05) is 6.56 Å². The molecule has 1 aliphatic rings. The van der Waals surface area contributed by atoms with Gasteiger partial charge >= 0.3 is 5.97 Å². The smallest absolute Gasteiger partial charge is 0.309 e. The Hall–Kier alpha value is -1.32. The fourth-order valence-electron chi connectivity index (χ4n) is 1.51. The summed E-state index contributed by atoms with van der Waals surface area (Å²) in [5, 5.41) is 0. The molecule has 2 rings (SSSR count). The average Bonchev–Trinajstić information content (AvgIpc) is 2.74. The van der Waals surface area contributed by atoms with Gasteiger partial charge in [0.15, 0.2) is 0 Å². The van der Waals surface area contributed by atoms with Crippen molar-refractivity contribution < 1.29 is 23.2 Å². The number of hydrogen-bond donors (Lipinski definition) is 0. The van der Waals surface area contributed by atoms with Gasteiger partial charge in [-0.3, -0.25) is 4.79 Å². The fourth-order valence-corrected chi connectivity index (χ4v) is 1.51. The monoisotopic (exact) mass is 232 g/mol. The third-order valence-electron chi connectivity index (χ3n) is 2.49. The van der Waals surface area contributed by atoms with Crippen molar-refractivity contribution in [1.29, 1.82) is 0 Å². The summed E-state index contributed by atoms with van der Waals surface area (Å²) < 4.78 is 82.2. The highest BCUT2D eigenvalue weighted by atomic mass is 16.5. The number of rotatable bonds is 3. The lowest BCUT2D eigenvalue weighted by Gasteiger charge is -2.13. The van der Waals surface area contributed by atoms with Crippen LogP contribution in [0.3, 0.4) is 0 Å². The van der Waals surface area contributed by atoms with Gasteiger partial charge < -0.3 is 9.30 Å². The Morgan fingerprint density at radius 2 is 2.81 bits per heavy atom. The fraction of sp³-hybridized carbons (Fsp3) is 0.667. The van der Waals surface area contributed by atoms with E-state index in [1.165, 1.54) is 6.92 Å². The Kier molecular flexibility index (Phi) is 1.11. The number of imidazole rings is 1. The van der Waals surface area contributed by atoms with Crippen molar-refractivity contribution in [2.24, 2.45) is 18.8 Å². The molecule has 0 unspecified atom stereocenters. The van der Waals surface area contributed by atoms with E-state index in [0.717, 1.165) is 4.57 Å². The zero-order valence-corrected chi connectivity index (χ0v) is 8.70. The van der Waals surface area contributed by atoms with Crippen molar-refractivity contribution in [2.45, 2.75) is 26.6 Å². The van der Waals surface area contributed by atoms with Crippen molar-refractivity contribution in [1.82, 2.24) is 9.55 Å². The Morgan fingerprint density at radius 3 is 3.56 bits per heavy atom. The maximum atomic E-state index is 12.0. The van der Waals surface area contributed by atoms with Gasteiger partial charge in [-0.1, -0.05) is 6.85 Å². The molecular weight excluding hydrogens is 204 g/mol. The van der Waals surface area contributed by atoms with Crippen LogP contribution in [0.1, 0.15) is 38.5 Å². The van der Waals surface area contributed by atoms with E-state index in [9.17, 15) is 4.79 Å². The molecule has 16 heavy (non-hydrogen) atoms. The van der Waals surface area contributed by atoms with Crippen LogP contribution < -0.4 is 0 Å². The van der Waals surface area contributed by atoms with Gasteiger partial charge in [-0.2, -0.15) is 0 Å². The van der Waals surface area contributed by atoms with Crippen molar-refractivity contribution in [3.05, 3.63) is 17.7 Å². The first-order valence-electron chi connectivity index (χ1n) is 9.78. The van der Waals surface area contributed by atoms with E-state index in [4.69, 9.17) is 13.7 Å². The van der Waals surface area contributed by atoms with Crippen molar-refractivity contribution >= 4 is 5.97 Å². The van der Waals surface area contributed by atoms with Crippen LogP contribution in [0.4, 0.5) is 0 Å². The molecule has 0 amide bonds. The van der Waals surface area contributed by atoms with E-state index < -0.39 is 57.2 Å². The average molecular weight is 232 g/mol. The summed E-state index contributed by atoms with van der Waals surface area (Å²) >= 11 is 0. The third-order valence-corrected chi connectivity index (χ3v) is 2.49. The normalized spacial score (nSPS) is 43.3. The number of ether oxygens (including phenoxy) is 1. The zero-order chi connectivity index (χ0) is 20.3. The maximum Gasteiger partial charge on any atom is 0.309 e. The van der Waals surface area contributed by atoms with Crippen molar-refractivity contribution in [3.8, 4) is 0 Å². The summed E-state index contributed by atoms with van der Waals surface area (Å²) in [6.45, 7) is -6.88. The van der Waals surface area contributed by atoms with E-state index in [0.29, 0.717) is 0 Å². The van der Waals surface area contributed by atoms with Crippen LogP contribution in [-0.4, -0.2) is 22.1 Å². The second kappa shape index (κ2) is 4.28. The van der Waals surface area contributed by atoms with E-state index in [1.54, 1.807) is 0 Å². The Labute approximate surface area is 110 Å². The number of aromatic nitrogens is 2. The molecule has 0 spiro atoms. The van der Waals surface area contributed by atoms with Gasteiger partial charge in [-0.15, -0.1) is 0 Å². The van der Waals surface area contributed by atoms with Gasteiger partial charge in [0.1, 0.15) is 5.82 Å². The number of nitrogens with zero attached hydrogens (tertiary/aromatic N) is 2. The molecule has 2 atom stereocenters. The molecule has 0 saturated carbocycles. The molecular formula is C12H18N2O2. The SMILES string of the molecule is [2H]c1nc(C)n(C([2H])([2H])[2H])c1C[C@]1([2H])[C@H](CC([2H])([2H])[2H])C(=O)OC1([2H])[2H]. The number of carbonyl (C=O) groups is 1. The van der Waals surface area contributed by atoms with Crippen LogP contribution in [0.2, 0.25) is 0 Å². The second-order valence-electron chi connectivity index (χ2n) is 3.53. The highest BCUT2D eigenvalue weighted by Gasteiger charge is 2.35. The molecule has 88 valence electrons. The molecule has 0 N–H and O–H groups in total. The predicted molar refractivity (Wildman–Crippen MR) is 59.9 cm³/mol. The minimum absolute atomic E-state index is 0.0354. The lowest BCUT2D eigenvalue weighted by molar-refractivity contribution is -0.141. The molecule has 1 aromatic rings. The van der Waals surface area contributed by atoms with Gasteiger partial charge in [0, 0.05) is 34.3 Å². The summed E-state index contributed by atoms with van der Waals surface area (Å²) in [7, 11) is 0. The standard InChI is InChI=1S/C12H18N2O2/c1-4-11-9(7-16-12(11)15)5-10-6-13-8(2)14(10)3/h6,9,11H,4-5,7H2,1-3H3/t9-,11-/m0/s1/i1D3,3D3,6D,7D2,9D. The molecule has 0 radical (unpaired) electrons. The molecule has 0 aromatic carbocycles. The van der Waals surface area contributed by atoms with E-state index in [2.05, 4.69) is 9.72 Å². The summed E-state index contributed by atoms with van der Waals surface area (Å²) in [5.41, 5.74) is -0.282. The molecule has 1 fully saturated rings. The predicted octanol–water partition coefficient (Wildman–Crippen LogP) is 1.47. The van der Waals surface area contributed by atoms with Gasteiger partial charge in [0.05, 0.1) is 16.6 Å². The summed E-state index contributed by atoms with van der Waals surface area (Å²) in [6.07, 6.45) is -2.00. The van der Waals surface area contributed by atoms with Crippen LogP contribution in [-0.2, 0) is 22.9 Å². The number of aryl methyl sites for hydroxylation is 1. The zero-order valence-electron chi connectivity index (χ0n) is 18.7. The number of carbonyl (C=O) groups excluding carboxylic acids is 1. The highest BCUT2D eigenvalue weighted by molar-refractivity contribution is 5.74. The molecule has 0 aliphatic carbocycles. The maximum absolute atomic E-state index is 12.0. The minimum atomic E-state index is -2.86. The van der Waals surface area contributed by atoms with Crippen LogP contribution in [0.25, 0.3) is 0 Å². The van der Waals surface area contributed by atoms with E-state index in [-0.39, 0.29) is 11.5 Å². The van der Waals surface area contributed by atoms with Gasteiger partial charge in [0.2, 0.25) is 0 Å². The number of hydrogen-bond acceptors (Lipinski definition) is 3. The number of cyclic esters (lactones) is 1. The van der Waals surface area contributed by atoms with Crippen LogP contribution in [0.5, 0.6) is 0 Å². The summed E-state index contributed by atoms with van der Waals surface area (Å²) in [5.74, 6) is -5.29. The summed E-state index contributed by atoms with van der Waals surface area (Å²) in [6, 6.07) is 0. The quantitative estimate of drug-likeness (QED) is 0.741. The van der Waals surface area contributed by atoms with E-state index >= 15 is 0 Å². The third kappa shape index (κ3) is 1.84. The van der Waals surface area contributed by atoms with Crippen LogP contribution in [0, 0.1) is 18.7 Å². The number of esters is 1. The van der Waals surface area contributed by atoms with Gasteiger partial charge in [0.25, 0.3) is 0 Å². The lowest BCUT2D eigenvalue weighted by Crippen LogP contribution is -2.18. The van der Waals surface area contributed by atoms with Gasteiger partial charge in [-0.25, -0.2) is 4.98 Å². The second-order valence-corrected chi connectivity index (χ2v) is 3.53. The molecule has 0 bridgehead atoms. The Morgan fingerprint density at radius 1 is 1.94 bits per heavy atom. The van der Waals surface area contributed by atoms with Crippen LogP contribution >= 0.6 is 0 Å². The first-order chi connectivity index (χ1) is 11.5. The molecule has 1 saturated heterocycles. The largest absolute Gasteiger partial charge is 0.465 e. The van der Waals surface area contributed by atoms with Crippen molar-refractivity contribution in [3.63, 3.8) is 0 Å². The topological polar surface area (TPSA) is 44.1 Å². The molecule has 1 aromatic heterocycles. The highest BCUT2D eigenvalue weighted by Crippen LogP contribution is 2.28. The van der Waals surface area contributed by atoms with Crippen LogP contribution in [0.15, 0.2) is 6.17 Å². The summed E-state index contributed by atoms with van der Waals surface area (Å²) in [4.78, 5) is 15.8. The first-order valence-corrected chi connectivity index (χ1v) is 4.78. The minimum Gasteiger partial charge on any atom is -0.465 e. The molecule has 1 aliphatic heterocycles. The van der Waals surface area contributed by atoms with Gasteiger partial charge in [-0.05, 0) is 19.8 Å². The molecule has 2 heterocycles. The molecule has 4 heteroatoms. The first kappa shape index (κ1) is 4.17. The Balaban J connectivity index is 2.56. The Bertz CT molecular complexity index is 723. The lowest BCUT2D eigenvalue weighted by atomic mass is 9.89. The van der Waals surface area contributed by atoms with E-state index in [1.807, 2.05) is 0 Å². The molecule has 4 nitrogen and oxygen atoms in total.